The molecule has 0 aliphatic heterocycles. The maximum absolute atomic E-state index is 2.41. The zero-order valence-electron chi connectivity index (χ0n) is 24.0. The van der Waals surface area contributed by atoms with E-state index in [1.165, 1.54) is 74.5 Å². The molecule has 2 radical (unpaired) electrons. The SMILES string of the molecule is C[Si]C.Cc1[cH-]c(C)c(C)c1C.[Cl-].[Cl-].[Zr+4].c1ccc(-c2ccccc2-c2c3c(cc4[cH-]ccc24)CCC3)cc1. The second kappa shape index (κ2) is 16.5. The average Bonchev–Trinajstić information content (AvgIpc) is 3.61. The van der Waals surface area contributed by atoms with Crippen LogP contribution in [0, 0.1) is 27.7 Å². The van der Waals surface area contributed by atoms with Crippen molar-refractivity contribution in [3.05, 3.63) is 118 Å². The van der Waals surface area contributed by atoms with Crippen molar-refractivity contribution in [2.75, 3.05) is 0 Å². The fraction of sp³-hybridized carbons (Fsp3) is 0.257. The van der Waals surface area contributed by atoms with Crippen molar-refractivity contribution < 1.29 is 51.0 Å². The monoisotopic (exact) mass is 646 g/mol. The average molecular weight is 649 g/mol. The molecule has 0 N–H and O–H groups in total. The molecule has 5 aromatic rings. The Hall–Kier alpha value is -1.70. The van der Waals surface area contributed by atoms with Crippen LogP contribution < -0.4 is 24.8 Å². The Balaban J connectivity index is 0.000000433. The second-order valence-corrected chi connectivity index (χ2v) is 10.9. The van der Waals surface area contributed by atoms with Gasteiger partial charge in [0.05, 0.1) is 0 Å². The summed E-state index contributed by atoms with van der Waals surface area (Å²) in [5.74, 6) is 0. The number of halogens is 2. The van der Waals surface area contributed by atoms with Crippen molar-refractivity contribution in [3.63, 3.8) is 0 Å². The molecule has 200 valence electrons. The standard InChI is InChI=1S/C24H19.C9H13.C2H6Si.2ClH.Zr/c1-2-8-17(9-3-1)20-12-4-5-13-23(20)24-21-14-6-10-18(21)16-19-11-7-15-22(19)24;1-6-5-7(2)9(4)8(6)3;1-3-2;;;/h1-6,8-10,12-14,16H,7,11,15H2;5H,1-4H3;1-2H3;2*1H;/q2*-1;;;;+4/p-2. The van der Waals surface area contributed by atoms with E-state index in [0.29, 0.717) is 0 Å². The molecule has 5 aromatic carbocycles. The summed E-state index contributed by atoms with van der Waals surface area (Å²) in [6.07, 6.45) is 3.70. The predicted molar refractivity (Wildman–Crippen MR) is 161 cm³/mol. The van der Waals surface area contributed by atoms with Crippen molar-refractivity contribution in [1.29, 1.82) is 0 Å². The van der Waals surface area contributed by atoms with Crippen LogP contribution >= 0.6 is 0 Å². The fourth-order valence-corrected chi connectivity index (χ4v) is 5.36. The van der Waals surface area contributed by atoms with Gasteiger partial charge in [-0.1, -0.05) is 112 Å². The fourth-order valence-electron chi connectivity index (χ4n) is 5.36. The van der Waals surface area contributed by atoms with Gasteiger partial charge in [0.25, 0.3) is 0 Å². The Morgan fingerprint density at radius 2 is 1.28 bits per heavy atom. The van der Waals surface area contributed by atoms with E-state index in [9.17, 15) is 0 Å². The van der Waals surface area contributed by atoms with E-state index in [1.807, 2.05) is 0 Å². The van der Waals surface area contributed by atoms with Crippen molar-refractivity contribution in [2.24, 2.45) is 0 Å². The molecule has 4 heteroatoms. The minimum Gasteiger partial charge on any atom is -1.00 e. The second-order valence-electron chi connectivity index (χ2n) is 9.94. The van der Waals surface area contributed by atoms with Crippen molar-refractivity contribution >= 4 is 20.3 Å². The molecule has 0 heterocycles. The van der Waals surface area contributed by atoms with Gasteiger partial charge in [0.2, 0.25) is 0 Å². The van der Waals surface area contributed by atoms with Crippen LogP contribution in [-0.2, 0) is 39.0 Å². The topological polar surface area (TPSA) is 0 Å². The first kappa shape index (κ1) is 35.3. The van der Waals surface area contributed by atoms with Crippen LogP contribution in [0.4, 0.5) is 0 Å². The number of fused-ring (bicyclic) bond motifs is 2. The summed E-state index contributed by atoms with van der Waals surface area (Å²) in [6, 6.07) is 31.0. The van der Waals surface area contributed by atoms with Gasteiger partial charge in [-0.15, -0.1) is 22.9 Å². The molecule has 0 saturated carbocycles. The van der Waals surface area contributed by atoms with Gasteiger partial charge in [0.15, 0.2) is 0 Å². The predicted octanol–water partition coefficient (Wildman–Crippen LogP) is 3.81. The maximum Gasteiger partial charge on any atom is 4.00 e. The summed E-state index contributed by atoms with van der Waals surface area (Å²) >= 11 is 0. The summed E-state index contributed by atoms with van der Waals surface area (Å²) in [5, 5.41) is 2.78. The van der Waals surface area contributed by atoms with E-state index in [0.717, 1.165) is 9.52 Å². The summed E-state index contributed by atoms with van der Waals surface area (Å²) in [5.41, 5.74) is 14.3. The van der Waals surface area contributed by atoms with Crippen LogP contribution in [0.3, 0.4) is 0 Å². The third-order valence-electron chi connectivity index (χ3n) is 7.47. The van der Waals surface area contributed by atoms with Crippen LogP contribution in [0.2, 0.25) is 13.1 Å². The van der Waals surface area contributed by atoms with Crippen molar-refractivity contribution in [1.82, 2.24) is 0 Å². The Bertz CT molecular complexity index is 1420. The first-order chi connectivity index (χ1) is 17.5. The maximum atomic E-state index is 2.41. The summed E-state index contributed by atoms with van der Waals surface area (Å²) < 4.78 is 0. The molecule has 0 saturated heterocycles. The number of hydrogen-bond donors (Lipinski definition) is 0. The summed E-state index contributed by atoms with van der Waals surface area (Å²) in [4.78, 5) is 0. The third-order valence-corrected chi connectivity index (χ3v) is 7.47. The molecule has 0 amide bonds. The van der Waals surface area contributed by atoms with E-state index >= 15 is 0 Å². The molecule has 0 bridgehead atoms. The van der Waals surface area contributed by atoms with Crippen LogP contribution in [0.15, 0.2) is 84.9 Å². The molecule has 6 rings (SSSR count). The van der Waals surface area contributed by atoms with E-state index in [1.54, 1.807) is 11.1 Å². The zero-order valence-corrected chi connectivity index (χ0v) is 28.9. The van der Waals surface area contributed by atoms with Gasteiger partial charge in [-0.3, -0.25) is 0 Å². The molecule has 1 aliphatic rings. The zero-order chi connectivity index (χ0) is 25.7. The Morgan fingerprint density at radius 3 is 1.85 bits per heavy atom. The van der Waals surface area contributed by atoms with Crippen LogP contribution in [0.25, 0.3) is 33.0 Å². The summed E-state index contributed by atoms with van der Waals surface area (Å²) in [7, 11) is 1.08. The van der Waals surface area contributed by atoms with Crippen LogP contribution in [-0.4, -0.2) is 9.52 Å². The molecular weight excluding hydrogens is 611 g/mol. The summed E-state index contributed by atoms with van der Waals surface area (Å²) in [6.45, 7) is 13.0. The minimum atomic E-state index is 0. The number of rotatable bonds is 2. The van der Waals surface area contributed by atoms with Gasteiger partial charge < -0.3 is 24.8 Å². The number of aryl methyl sites for hydroxylation is 3. The first-order valence-corrected chi connectivity index (χ1v) is 15.1. The molecule has 0 aromatic heterocycles. The molecule has 0 nitrogen and oxygen atoms in total. The number of benzene rings is 3. The van der Waals surface area contributed by atoms with Gasteiger partial charge in [-0.05, 0) is 36.0 Å². The molecule has 0 atom stereocenters. The van der Waals surface area contributed by atoms with Crippen LogP contribution in [0.1, 0.15) is 39.8 Å². The van der Waals surface area contributed by atoms with Gasteiger partial charge in [-0.25, -0.2) is 0 Å². The number of hydrogen-bond acceptors (Lipinski definition) is 0. The molecule has 0 unspecified atom stereocenters. The van der Waals surface area contributed by atoms with Gasteiger partial charge in [-0.2, -0.15) is 40.5 Å². The van der Waals surface area contributed by atoms with E-state index < -0.39 is 0 Å². The molecule has 0 spiro atoms. The molecule has 39 heavy (non-hydrogen) atoms. The quantitative estimate of drug-likeness (QED) is 0.202. The first-order valence-electron chi connectivity index (χ1n) is 13.1. The van der Waals surface area contributed by atoms with E-state index in [2.05, 4.69) is 126 Å². The smallest absolute Gasteiger partial charge is 1.00 e. The van der Waals surface area contributed by atoms with E-state index in [4.69, 9.17) is 0 Å². The van der Waals surface area contributed by atoms with Crippen molar-refractivity contribution in [2.45, 2.75) is 60.1 Å². The Kier molecular flexibility index (Phi) is 15.0. The van der Waals surface area contributed by atoms with Crippen molar-refractivity contribution in [3.8, 4) is 22.3 Å². The Labute approximate surface area is 270 Å². The van der Waals surface area contributed by atoms with Gasteiger partial charge in [0, 0.05) is 9.52 Å². The van der Waals surface area contributed by atoms with Crippen LogP contribution in [0.5, 0.6) is 0 Å². The molecule has 0 fully saturated rings. The normalized spacial score (nSPS) is 11.0. The van der Waals surface area contributed by atoms with E-state index in [-0.39, 0.29) is 51.0 Å². The Morgan fingerprint density at radius 1 is 0.718 bits per heavy atom. The minimum absolute atomic E-state index is 0. The van der Waals surface area contributed by atoms with Gasteiger partial charge in [0.1, 0.15) is 0 Å². The molecule has 1 aliphatic carbocycles. The largest absolute Gasteiger partial charge is 4.00 e. The molecular formula is C35H38Cl2SiZr. The van der Waals surface area contributed by atoms with Gasteiger partial charge >= 0.3 is 26.2 Å². The third kappa shape index (κ3) is 7.95.